The van der Waals surface area contributed by atoms with Gasteiger partial charge in [-0.05, 0) is 18.1 Å². The normalized spacial score (nSPS) is 32.4. The van der Waals surface area contributed by atoms with Crippen molar-refractivity contribution < 1.29 is 10.2 Å². The first-order chi connectivity index (χ1) is 6.66. The molecule has 0 saturated heterocycles. The summed E-state index contributed by atoms with van der Waals surface area (Å²) in [4.78, 5) is 1.14. The number of tetrazole rings is 1. The molecule has 0 radical (unpaired) electrons. The van der Waals surface area contributed by atoms with Crippen molar-refractivity contribution in [2.75, 3.05) is 0 Å². The molecule has 1 heterocycles. The van der Waals surface area contributed by atoms with Crippen LogP contribution in [0.4, 0.5) is 0 Å². The third kappa shape index (κ3) is 1.31. The summed E-state index contributed by atoms with van der Waals surface area (Å²) in [6.45, 7) is 1.91. The average Bonchev–Trinajstić information content (AvgIpc) is 2.75. The highest BCUT2D eigenvalue weighted by Gasteiger charge is 2.44. The predicted molar refractivity (Wildman–Crippen MR) is 47.2 cm³/mol. The van der Waals surface area contributed by atoms with Crippen molar-refractivity contribution in [3.63, 3.8) is 0 Å². The fourth-order valence-corrected chi connectivity index (χ4v) is 1.74. The highest BCUT2D eigenvalue weighted by Crippen LogP contribution is 2.32. The lowest BCUT2D eigenvalue weighted by molar-refractivity contribution is -0.132. The lowest BCUT2D eigenvalue weighted by Gasteiger charge is -2.24. The minimum atomic E-state index is -1.35. The smallest absolute Gasteiger partial charge is 0.204 e. The number of hydrogen-bond acceptors (Lipinski definition) is 5. The topological polar surface area (TPSA) is 84.1 Å². The first-order valence-electron chi connectivity index (χ1n) is 4.86. The van der Waals surface area contributed by atoms with Gasteiger partial charge in [-0.15, -0.1) is 15.0 Å². The molecule has 1 aliphatic rings. The van der Waals surface area contributed by atoms with Crippen molar-refractivity contribution in [1.29, 1.82) is 0 Å². The van der Waals surface area contributed by atoms with Crippen LogP contribution in [0.5, 0.6) is 0 Å². The van der Waals surface area contributed by atoms with Crippen molar-refractivity contribution in [2.45, 2.75) is 44.4 Å². The van der Waals surface area contributed by atoms with E-state index < -0.39 is 11.8 Å². The van der Waals surface area contributed by atoms with Crippen molar-refractivity contribution in [2.24, 2.45) is 0 Å². The van der Waals surface area contributed by atoms with Gasteiger partial charge in [0.2, 0.25) is 5.72 Å². The molecular formula is C8H14N4O2. The van der Waals surface area contributed by atoms with Crippen LogP contribution in [0, 0.1) is 0 Å². The Bertz CT molecular complexity index is 327. The van der Waals surface area contributed by atoms with Gasteiger partial charge in [0.25, 0.3) is 0 Å². The zero-order chi connectivity index (χ0) is 10.2. The molecule has 1 aromatic heterocycles. The van der Waals surface area contributed by atoms with Crippen molar-refractivity contribution in [1.82, 2.24) is 20.2 Å². The van der Waals surface area contributed by atoms with Crippen molar-refractivity contribution >= 4 is 0 Å². The van der Waals surface area contributed by atoms with Crippen LogP contribution in [0.3, 0.4) is 0 Å². The molecule has 0 aromatic carbocycles. The Kier molecular flexibility index (Phi) is 2.24. The molecule has 0 aliphatic heterocycles. The summed E-state index contributed by atoms with van der Waals surface area (Å²) in [6, 6.07) is 0. The molecule has 6 heteroatoms. The third-order valence-electron chi connectivity index (χ3n) is 2.67. The Morgan fingerprint density at radius 3 is 2.93 bits per heavy atom. The van der Waals surface area contributed by atoms with Crippen molar-refractivity contribution in [3.8, 4) is 0 Å². The number of aryl methyl sites for hydroxylation is 1. The zero-order valence-corrected chi connectivity index (χ0v) is 8.09. The Labute approximate surface area is 81.6 Å². The molecule has 0 amide bonds. The van der Waals surface area contributed by atoms with Crippen LogP contribution in [-0.2, 0) is 12.1 Å². The molecular weight excluding hydrogens is 184 g/mol. The number of aliphatic hydroxyl groups is 2. The molecule has 1 saturated carbocycles. The standard InChI is InChI=1S/C8H14N4O2/c1-2-7-9-11-12(10-7)8(14)5-3-4-6(8)13/h6,13-14H,2-5H2,1H3. The van der Waals surface area contributed by atoms with Gasteiger partial charge < -0.3 is 10.2 Å². The van der Waals surface area contributed by atoms with E-state index in [2.05, 4.69) is 15.4 Å². The number of aromatic nitrogens is 4. The highest BCUT2D eigenvalue weighted by molar-refractivity contribution is 4.87. The Morgan fingerprint density at radius 2 is 2.43 bits per heavy atom. The van der Waals surface area contributed by atoms with Gasteiger partial charge in [-0.25, -0.2) is 0 Å². The molecule has 14 heavy (non-hydrogen) atoms. The SMILES string of the molecule is CCc1nnn(C2(O)CCCC2O)n1. The summed E-state index contributed by atoms with van der Waals surface area (Å²) in [5.74, 6) is 0.581. The molecule has 1 aliphatic carbocycles. The molecule has 6 nitrogen and oxygen atoms in total. The summed E-state index contributed by atoms with van der Waals surface area (Å²) in [5, 5.41) is 31.2. The van der Waals surface area contributed by atoms with Gasteiger partial charge in [0.05, 0.1) is 0 Å². The van der Waals surface area contributed by atoms with Crippen molar-refractivity contribution in [3.05, 3.63) is 5.82 Å². The second-order valence-corrected chi connectivity index (χ2v) is 3.64. The molecule has 0 spiro atoms. The molecule has 2 unspecified atom stereocenters. The van der Waals surface area contributed by atoms with Gasteiger partial charge in [-0.1, -0.05) is 6.92 Å². The number of hydrogen-bond donors (Lipinski definition) is 2. The van der Waals surface area contributed by atoms with E-state index in [1.165, 1.54) is 0 Å². The van der Waals surface area contributed by atoms with E-state index in [0.717, 1.165) is 11.2 Å². The van der Waals surface area contributed by atoms with Crippen LogP contribution in [0.2, 0.25) is 0 Å². The fourth-order valence-electron chi connectivity index (χ4n) is 1.74. The minimum absolute atomic E-state index is 0.480. The molecule has 2 atom stereocenters. The minimum Gasteiger partial charge on any atom is -0.388 e. The van der Waals surface area contributed by atoms with Gasteiger partial charge in [-0.3, -0.25) is 0 Å². The quantitative estimate of drug-likeness (QED) is 0.664. The second-order valence-electron chi connectivity index (χ2n) is 3.64. The van der Waals surface area contributed by atoms with E-state index in [1.807, 2.05) is 6.92 Å². The predicted octanol–water partition coefficient (Wildman–Crippen LogP) is -0.575. The Morgan fingerprint density at radius 1 is 1.64 bits per heavy atom. The largest absolute Gasteiger partial charge is 0.388 e. The van der Waals surface area contributed by atoms with Gasteiger partial charge in [0.15, 0.2) is 5.82 Å². The molecule has 1 fully saturated rings. The van der Waals surface area contributed by atoms with E-state index in [9.17, 15) is 10.2 Å². The number of aliphatic hydroxyl groups excluding tert-OH is 1. The van der Waals surface area contributed by atoms with E-state index in [0.29, 0.717) is 25.1 Å². The van der Waals surface area contributed by atoms with Crippen LogP contribution < -0.4 is 0 Å². The Balaban J connectivity index is 2.28. The van der Waals surface area contributed by atoms with Crippen LogP contribution in [0.15, 0.2) is 0 Å². The van der Waals surface area contributed by atoms with Gasteiger partial charge in [-0.2, -0.15) is 0 Å². The average molecular weight is 198 g/mol. The third-order valence-corrected chi connectivity index (χ3v) is 2.67. The van der Waals surface area contributed by atoms with E-state index in [-0.39, 0.29) is 0 Å². The van der Waals surface area contributed by atoms with Crippen LogP contribution >= 0.6 is 0 Å². The van der Waals surface area contributed by atoms with Gasteiger partial charge in [0.1, 0.15) is 6.10 Å². The van der Waals surface area contributed by atoms with Gasteiger partial charge >= 0.3 is 0 Å². The maximum absolute atomic E-state index is 10.1. The summed E-state index contributed by atoms with van der Waals surface area (Å²) in [6.07, 6.45) is 1.72. The second kappa shape index (κ2) is 3.29. The van der Waals surface area contributed by atoms with Crippen LogP contribution in [0.25, 0.3) is 0 Å². The number of nitrogens with zero attached hydrogens (tertiary/aromatic N) is 4. The van der Waals surface area contributed by atoms with E-state index in [1.54, 1.807) is 0 Å². The lowest BCUT2D eigenvalue weighted by atomic mass is 10.1. The zero-order valence-electron chi connectivity index (χ0n) is 8.09. The first kappa shape index (κ1) is 9.54. The summed E-state index contributed by atoms with van der Waals surface area (Å²) < 4.78 is 0. The lowest BCUT2D eigenvalue weighted by Crippen LogP contribution is -2.42. The highest BCUT2D eigenvalue weighted by atomic mass is 16.4. The van der Waals surface area contributed by atoms with Gasteiger partial charge in [0, 0.05) is 12.8 Å². The summed E-state index contributed by atoms with van der Waals surface area (Å²) >= 11 is 0. The van der Waals surface area contributed by atoms with E-state index in [4.69, 9.17) is 0 Å². The Hall–Kier alpha value is -1.01. The summed E-state index contributed by atoms with van der Waals surface area (Å²) in [7, 11) is 0. The molecule has 2 N–H and O–H groups in total. The maximum atomic E-state index is 10.1. The monoisotopic (exact) mass is 198 g/mol. The number of rotatable bonds is 2. The van der Waals surface area contributed by atoms with Crippen LogP contribution in [0.1, 0.15) is 32.0 Å². The van der Waals surface area contributed by atoms with E-state index >= 15 is 0 Å². The molecule has 2 rings (SSSR count). The molecule has 78 valence electrons. The maximum Gasteiger partial charge on any atom is 0.204 e. The van der Waals surface area contributed by atoms with Crippen LogP contribution in [-0.4, -0.2) is 36.5 Å². The molecule has 0 bridgehead atoms. The first-order valence-corrected chi connectivity index (χ1v) is 4.86. The molecule has 1 aromatic rings. The fraction of sp³-hybridized carbons (Fsp3) is 0.875. The summed E-state index contributed by atoms with van der Waals surface area (Å²) in [5.41, 5.74) is -1.35.